The summed E-state index contributed by atoms with van der Waals surface area (Å²) in [5.74, 6) is -0.299. The third kappa shape index (κ3) is 2.13. The van der Waals surface area contributed by atoms with Crippen LogP contribution in [0.4, 0.5) is 4.39 Å². The molecule has 0 fully saturated rings. The molecule has 0 saturated heterocycles. The molecule has 0 saturated carbocycles. The fourth-order valence-corrected chi connectivity index (χ4v) is 1.60. The molecular weight excluding hydrogens is 215 g/mol. The highest BCUT2D eigenvalue weighted by Crippen LogP contribution is 2.24. The number of aromatic nitrogens is 2. The molecule has 0 atom stereocenters. The Hall–Kier alpha value is -1.48. The number of nitrogens with zero attached hydrogens (tertiary/aromatic N) is 2. The van der Waals surface area contributed by atoms with Crippen molar-refractivity contribution in [2.45, 2.75) is 6.92 Å². The molecular formula is C11H8ClFN2. The topological polar surface area (TPSA) is 25.8 Å². The summed E-state index contributed by atoms with van der Waals surface area (Å²) in [7, 11) is 0. The lowest BCUT2D eigenvalue weighted by Gasteiger charge is -2.03. The molecule has 1 aromatic heterocycles. The lowest BCUT2D eigenvalue weighted by atomic mass is 10.1. The summed E-state index contributed by atoms with van der Waals surface area (Å²) >= 11 is 5.87. The van der Waals surface area contributed by atoms with E-state index in [0.717, 1.165) is 5.56 Å². The summed E-state index contributed by atoms with van der Waals surface area (Å²) in [6.07, 6.45) is 3.03. The van der Waals surface area contributed by atoms with E-state index in [-0.39, 0.29) is 11.0 Å². The Morgan fingerprint density at radius 1 is 1.13 bits per heavy atom. The fourth-order valence-electron chi connectivity index (χ4n) is 1.39. The van der Waals surface area contributed by atoms with Crippen molar-refractivity contribution in [3.05, 3.63) is 47.1 Å². The number of halogens is 2. The monoisotopic (exact) mass is 222 g/mol. The van der Waals surface area contributed by atoms with E-state index in [4.69, 9.17) is 11.6 Å². The summed E-state index contributed by atoms with van der Waals surface area (Å²) in [5.41, 5.74) is 1.97. The summed E-state index contributed by atoms with van der Waals surface area (Å²) in [6.45, 7) is 1.82. The molecule has 4 heteroatoms. The van der Waals surface area contributed by atoms with E-state index in [0.29, 0.717) is 11.3 Å². The number of aryl methyl sites for hydroxylation is 1. The van der Waals surface area contributed by atoms with Gasteiger partial charge in [-0.3, -0.25) is 4.98 Å². The van der Waals surface area contributed by atoms with E-state index in [9.17, 15) is 4.39 Å². The molecule has 2 rings (SSSR count). The molecule has 0 aliphatic heterocycles. The van der Waals surface area contributed by atoms with Gasteiger partial charge in [0.2, 0.25) is 0 Å². The quantitative estimate of drug-likeness (QED) is 0.740. The predicted octanol–water partition coefficient (Wildman–Crippen LogP) is 3.24. The second kappa shape index (κ2) is 3.95. The Kier molecular flexibility index (Phi) is 2.64. The van der Waals surface area contributed by atoms with Crippen LogP contribution in [-0.2, 0) is 0 Å². The van der Waals surface area contributed by atoms with Crippen molar-refractivity contribution < 1.29 is 4.39 Å². The predicted molar refractivity (Wildman–Crippen MR) is 57.2 cm³/mol. The van der Waals surface area contributed by atoms with Gasteiger partial charge >= 0.3 is 0 Å². The number of benzene rings is 1. The maximum atomic E-state index is 13.2. The molecule has 0 amide bonds. The summed E-state index contributed by atoms with van der Waals surface area (Å²) < 4.78 is 13.2. The van der Waals surface area contributed by atoms with Gasteiger partial charge in [-0.15, -0.1) is 0 Å². The fraction of sp³-hybridized carbons (Fsp3) is 0.0909. The Morgan fingerprint density at radius 2 is 1.87 bits per heavy atom. The Morgan fingerprint density at radius 3 is 2.53 bits per heavy atom. The lowest BCUT2D eigenvalue weighted by molar-refractivity contribution is 0.627. The third-order valence-corrected chi connectivity index (χ3v) is 2.25. The van der Waals surface area contributed by atoms with Crippen molar-refractivity contribution in [1.82, 2.24) is 9.97 Å². The van der Waals surface area contributed by atoms with Crippen molar-refractivity contribution in [2.75, 3.05) is 0 Å². The van der Waals surface area contributed by atoms with Crippen LogP contribution >= 0.6 is 11.6 Å². The Bertz CT molecular complexity index is 479. The van der Waals surface area contributed by atoms with Crippen molar-refractivity contribution in [1.29, 1.82) is 0 Å². The zero-order valence-electron chi connectivity index (χ0n) is 8.04. The average molecular weight is 223 g/mol. The highest BCUT2D eigenvalue weighted by Gasteiger charge is 2.07. The van der Waals surface area contributed by atoms with Gasteiger partial charge in [0.1, 0.15) is 11.5 Å². The molecule has 0 N–H and O–H groups in total. The van der Waals surface area contributed by atoms with Gasteiger partial charge in [0.25, 0.3) is 0 Å². The zero-order valence-corrected chi connectivity index (χ0v) is 8.79. The first-order valence-corrected chi connectivity index (χ1v) is 4.78. The van der Waals surface area contributed by atoms with Crippen LogP contribution < -0.4 is 0 Å². The van der Waals surface area contributed by atoms with Gasteiger partial charge in [-0.1, -0.05) is 11.6 Å². The van der Waals surface area contributed by atoms with E-state index in [1.54, 1.807) is 0 Å². The van der Waals surface area contributed by atoms with E-state index in [1.807, 2.05) is 13.0 Å². The molecule has 0 bridgehead atoms. The van der Waals surface area contributed by atoms with Crippen LogP contribution in [-0.4, -0.2) is 9.97 Å². The first-order chi connectivity index (χ1) is 7.16. The minimum Gasteiger partial charge on any atom is -0.251 e. The summed E-state index contributed by atoms with van der Waals surface area (Å²) in [4.78, 5) is 7.96. The van der Waals surface area contributed by atoms with Gasteiger partial charge in [-0.2, -0.15) is 0 Å². The Labute approximate surface area is 91.8 Å². The second-order valence-corrected chi connectivity index (χ2v) is 3.57. The average Bonchev–Trinajstić information content (AvgIpc) is 2.16. The molecule has 0 radical (unpaired) electrons. The highest BCUT2D eigenvalue weighted by atomic mass is 35.5. The van der Waals surface area contributed by atoms with Gasteiger partial charge in [0, 0.05) is 18.0 Å². The third-order valence-electron chi connectivity index (χ3n) is 1.97. The van der Waals surface area contributed by atoms with Crippen molar-refractivity contribution in [3.63, 3.8) is 0 Å². The van der Waals surface area contributed by atoms with Crippen LogP contribution in [0.15, 0.2) is 30.6 Å². The van der Waals surface area contributed by atoms with Crippen LogP contribution in [0.5, 0.6) is 0 Å². The first kappa shape index (κ1) is 10.1. The number of rotatable bonds is 1. The standard InChI is InChI=1S/C11H8ClFN2/c1-7-4-8(6-9(13)5-7)10-11(12)15-3-2-14-10/h2-6H,1H3. The maximum absolute atomic E-state index is 13.2. The van der Waals surface area contributed by atoms with E-state index in [1.165, 1.54) is 24.5 Å². The molecule has 0 aliphatic carbocycles. The molecule has 1 aromatic carbocycles. The Balaban J connectivity index is 2.59. The normalized spacial score (nSPS) is 10.3. The SMILES string of the molecule is Cc1cc(F)cc(-c2nccnc2Cl)c1. The zero-order chi connectivity index (χ0) is 10.8. The van der Waals surface area contributed by atoms with Gasteiger partial charge in [0.15, 0.2) is 5.15 Å². The van der Waals surface area contributed by atoms with Crippen LogP contribution in [0, 0.1) is 12.7 Å². The van der Waals surface area contributed by atoms with Gasteiger partial charge < -0.3 is 0 Å². The van der Waals surface area contributed by atoms with Gasteiger partial charge in [-0.25, -0.2) is 9.37 Å². The molecule has 0 spiro atoms. The minimum absolute atomic E-state index is 0.280. The molecule has 2 nitrogen and oxygen atoms in total. The van der Waals surface area contributed by atoms with Gasteiger partial charge in [-0.05, 0) is 30.7 Å². The number of hydrogen-bond donors (Lipinski definition) is 0. The summed E-state index contributed by atoms with van der Waals surface area (Å²) in [5, 5.41) is 0.280. The highest BCUT2D eigenvalue weighted by molar-refractivity contribution is 6.31. The lowest BCUT2D eigenvalue weighted by Crippen LogP contribution is -1.89. The maximum Gasteiger partial charge on any atom is 0.155 e. The molecule has 15 heavy (non-hydrogen) atoms. The van der Waals surface area contributed by atoms with Crippen molar-refractivity contribution in [3.8, 4) is 11.3 Å². The molecule has 0 unspecified atom stereocenters. The minimum atomic E-state index is -0.299. The second-order valence-electron chi connectivity index (χ2n) is 3.21. The van der Waals surface area contributed by atoms with E-state index >= 15 is 0 Å². The van der Waals surface area contributed by atoms with Crippen LogP contribution in [0.25, 0.3) is 11.3 Å². The number of hydrogen-bond acceptors (Lipinski definition) is 2. The van der Waals surface area contributed by atoms with Crippen molar-refractivity contribution >= 4 is 11.6 Å². The van der Waals surface area contributed by atoms with Crippen LogP contribution in [0.2, 0.25) is 5.15 Å². The largest absolute Gasteiger partial charge is 0.251 e. The van der Waals surface area contributed by atoms with E-state index < -0.39 is 0 Å². The molecule has 0 aliphatic rings. The van der Waals surface area contributed by atoms with Gasteiger partial charge in [0.05, 0.1) is 0 Å². The first-order valence-electron chi connectivity index (χ1n) is 4.41. The van der Waals surface area contributed by atoms with Crippen LogP contribution in [0.3, 0.4) is 0 Å². The molecule has 76 valence electrons. The smallest absolute Gasteiger partial charge is 0.155 e. The van der Waals surface area contributed by atoms with E-state index in [2.05, 4.69) is 9.97 Å². The molecule has 1 heterocycles. The molecule has 2 aromatic rings. The summed E-state index contributed by atoms with van der Waals surface area (Å²) in [6, 6.07) is 4.66. The van der Waals surface area contributed by atoms with Crippen LogP contribution in [0.1, 0.15) is 5.56 Å². The van der Waals surface area contributed by atoms with Crippen molar-refractivity contribution in [2.24, 2.45) is 0 Å².